The van der Waals surface area contributed by atoms with Crippen LogP contribution in [0.3, 0.4) is 0 Å². The second kappa shape index (κ2) is 5.92. The lowest BCUT2D eigenvalue weighted by Crippen LogP contribution is -2.21. The fourth-order valence-electron chi connectivity index (χ4n) is 2.04. The predicted octanol–water partition coefficient (Wildman–Crippen LogP) is 3.15. The number of benzene rings is 2. The molecule has 1 heterocycles. The molecule has 3 nitrogen and oxygen atoms in total. The lowest BCUT2D eigenvalue weighted by Gasteiger charge is -2.03. The van der Waals surface area contributed by atoms with Gasteiger partial charge in [0.25, 0.3) is 0 Å². The van der Waals surface area contributed by atoms with Crippen molar-refractivity contribution in [2.75, 3.05) is 0 Å². The highest BCUT2D eigenvalue weighted by atomic mass is 32.2. The first-order valence-electron chi connectivity index (χ1n) is 6.44. The third-order valence-electron chi connectivity index (χ3n) is 3.05. The van der Waals surface area contributed by atoms with Gasteiger partial charge >= 0.3 is 0 Å². The monoisotopic (exact) mass is 282 g/mol. The van der Waals surface area contributed by atoms with E-state index in [9.17, 15) is 4.79 Å². The maximum absolute atomic E-state index is 12.0. The highest BCUT2D eigenvalue weighted by molar-refractivity contribution is 8.15. The summed E-state index contributed by atoms with van der Waals surface area (Å²) in [6, 6.07) is 19.8. The fraction of sp³-hybridized carbons (Fsp3) is 0.125. The van der Waals surface area contributed by atoms with E-state index in [1.165, 1.54) is 11.8 Å². The molecule has 1 atom stereocenters. The van der Waals surface area contributed by atoms with Gasteiger partial charge in [0.2, 0.25) is 5.91 Å². The number of aliphatic imine (C=N–C) groups is 1. The van der Waals surface area contributed by atoms with Gasteiger partial charge in [0.1, 0.15) is 5.25 Å². The molecule has 1 fully saturated rings. The molecule has 20 heavy (non-hydrogen) atoms. The Morgan fingerprint density at radius 3 is 2.35 bits per heavy atom. The highest BCUT2D eigenvalue weighted by Gasteiger charge is 2.31. The lowest BCUT2D eigenvalue weighted by atomic mass is 10.1. The second-order valence-corrected chi connectivity index (χ2v) is 5.60. The maximum atomic E-state index is 12.0. The molecule has 0 bridgehead atoms. The van der Waals surface area contributed by atoms with Crippen LogP contribution in [0.5, 0.6) is 0 Å². The standard InChI is InChI=1S/C16H14N2OS/c19-15-14(13-9-5-2-6-10-13)20-16(18-15)17-11-12-7-3-1-4-8-12/h1-10,14H,11H2,(H,17,18,19)/t14-/m1/s1. The molecule has 0 aromatic heterocycles. The molecule has 0 unspecified atom stereocenters. The van der Waals surface area contributed by atoms with Crippen LogP contribution >= 0.6 is 11.8 Å². The molecule has 0 spiro atoms. The maximum Gasteiger partial charge on any atom is 0.244 e. The molecule has 1 aliphatic rings. The van der Waals surface area contributed by atoms with Crippen molar-refractivity contribution in [2.24, 2.45) is 4.99 Å². The van der Waals surface area contributed by atoms with Crippen LogP contribution in [0.1, 0.15) is 16.4 Å². The lowest BCUT2D eigenvalue weighted by molar-refractivity contribution is -0.118. The van der Waals surface area contributed by atoms with Crippen molar-refractivity contribution in [3.63, 3.8) is 0 Å². The molecule has 2 aromatic rings. The largest absolute Gasteiger partial charge is 0.304 e. The van der Waals surface area contributed by atoms with Crippen LogP contribution < -0.4 is 5.32 Å². The van der Waals surface area contributed by atoms with Crippen LogP contribution in [0.2, 0.25) is 0 Å². The van der Waals surface area contributed by atoms with Crippen molar-refractivity contribution in [2.45, 2.75) is 11.8 Å². The van der Waals surface area contributed by atoms with Crippen molar-refractivity contribution < 1.29 is 4.79 Å². The molecule has 1 aliphatic heterocycles. The summed E-state index contributed by atoms with van der Waals surface area (Å²) in [4.78, 5) is 16.5. The third-order valence-corrected chi connectivity index (χ3v) is 4.22. The van der Waals surface area contributed by atoms with E-state index in [1.807, 2.05) is 60.7 Å². The number of carbonyl (C=O) groups is 1. The second-order valence-electron chi connectivity index (χ2n) is 4.50. The summed E-state index contributed by atoms with van der Waals surface area (Å²) >= 11 is 1.48. The average Bonchev–Trinajstić information content (AvgIpc) is 2.88. The van der Waals surface area contributed by atoms with Gasteiger partial charge in [-0.25, -0.2) is 0 Å². The Balaban J connectivity index is 1.71. The van der Waals surface area contributed by atoms with E-state index in [2.05, 4.69) is 10.3 Å². The molecule has 1 saturated heterocycles. The molecular formula is C16H14N2OS. The van der Waals surface area contributed by atoms with Crippen molar-refractivity contribution in [1.29, 1.82) is 0 Å². The smallest absolute Gasteiger partial charge is 0.244 e. The minimum atomic E-state index is -0.189. The topological polar surface area (TPSA) is 41.5 Å². The zero-order valence-electron chi connectivity index (χ0n) is 10.8. The van der Waals surface area contributed by atoms with Crippen molar-refractivity contribution >= 4 is 22.8 Å². The quantitative estimate of drug-likeness (QED) is 0.939. The minimum Gasteiger partial charge on any atom is -0.304 e. The van der Waals surface area contributed by atoms with Crippen molar-refractivity contribution in [3.05, 3.63) is 71.8 Å². The van der Waals surface area contributed by atoms with Crippen molar-refractivity contribution in [1.82, 2.24) is 5.32 Å². The number of amides is 1. The average molecular weight is 282 g/mol. The molecule has 100 valence electrons. The van der Waals surface area contributed by atoms with E-state index in [0.29, 0.717) is 11.7 Å². The predicted molar refractivity (Wildman–Crippen MR) is 82.5 cm³/mol. The SMILES string of the molecule is O=C1NC(=NCc2ccccc2)S[C@@H]1c1ccccc1. The van der Waals surface area contributed by atoms with Crippen LogP contribution in [0.25, 0.3) is 0 Å². The number of nitrogens with zero attached hydrogens (tertiary/aromatic N) is 1. The molecule has 4 heteroatoms. The van der Waals surface area contributed by atoms with Crippen LogP contribution in [0.15, 0.2) is 65.7 Å². The van der Waals surface area contributed by atoms with E-state index in [4.69, 9.17) is 0 Å². The van der Waals surface area contributed by atoms with Gasteiger partial charge < -0.3 is 5.32 Å². The third kappa shape index (κ3) is 2.91. The summed E-state index contributed by atoms with van der Waals surface area (Å²) in [5.74, 6) is 0.00742. The molecule has 1 amide bonds. The number of thioether (sulfide) groups is 1. The van der Waals surface area contributed by atoms with E-state index in [-0.39, 0.29) is 11.2 Å². The summed E-state index contributed by atoms with van der Waals surface area (Å²) in [6.45, 7) is 0.588. The van der Waals surface area contributed by atoms with Gasteiger partial charge in [0, 0.05) is 0 Å². The Kier molecular flexibility index (Phi) is 3.83. The first-order chi connectivity index (χ1) is 9.83. The van der Waals surface area contributed by atoms with Gasteiger partial charge in [-0.15, -0.1) is 0 Å². The first kappa shape index (κ1) is 12.9. The van der Waals surface area contributed by atoms with Crippen LogP contribution in [-0.4, -0.2) is 11.1 Å². The van der Waals surface area contributed by atoms with Gasteiger partial charge in [-0.2, -0.15) is 0 Å². The zero-order chi connectivity index (χ0) is 13.8. The Bertz CT molecular complexity index is 625. The molecule has 0 saturated carbocycles. The van der Waals surface area contributed by atoms with E-state index in [1.54, 1.807) is 0 Å². The van der Waals surface area contributed by atoms with Crippen LogP contribution in [0, 0.1) is 0 Å². The molecule has 0 aliphatic carbocycles. The highest BCUT2D eigenvalue weighted by Crippen LogP contribution is 2.34. The van der Waals surface area contributed by atoms with Crippen LogP contribution in [0.4, 0.5) is 0 Å². The summed E-state index contributed by atoms with van der Waals surface area (Å²) < 4.78 is 0. The summed E-state index contributed by atoms with van der Waals surface area (Å²) in [5, 5.41) is 3.36. The Hall–Kier alpha value is -2.07. The van der Waals surface area contributed by atoms with Gasteiger partial charge in [0.15, 0.2) is 5.17 Å². The van der Waals surface area contributed by atoms with E-state index >= 15 is 0 Å². The van der Waals surface area contributed by atoms with Gasteiger partial charge in [0.05, 0.1) is 6.54 Å². The minimum absolute atomic E-state index is 0.00742. The summed E-state index contributed by atoms with van der Waals surface area (Å²) in [5.41, 5.74) is 2.15. The first-order valence-corrected chi connectivity index (χ1v) is 7.32. The molecule has 3 rings (SSSR count). The number of hydrogen-bond acceptors (Lipinski definition) is 3. The zero-order valence-corrected chi connectivity index (χ0v) is 11.6. The summed E-state index contributed by atoms with van der Waals surface area (Å²) in [6.07, 6.45) is 0. The molecule has 1 N–H and O–H groups in total. The molecular weight excluding hydrogens is 268 g/mol. The number of hydrogen-bond donors (Lipinski definition) is 1. The van der Waals surface area contributed by atoms with Crippen molar-refractivity contribution in [3.8, 4) is 0 Å². The van der Waals surface area contributed by atoms with E-state index < -0.39 is 0 Å². The Morgan fingerprint density at radius 2 is 1.65 bits per heavy atom. The Labute approximate surface area is 122 Å². The summed E-state index contributed by atoms with van der Waals surface area (Å²) in [7, 11) is 0. The van der Waals surface area contributed by atoms with Gasteiger partial charge in [-0.1, -0.05) is 72.4 Å². The van der Waals surface area contributed by atoms with Crippen LogP contribution in [-0.2, 0) is 11.3 Å². The molecule has 0 radical (unpaired) electrons. The number of rotatable bonds is 3. The van der Waals surface area contributed by atoms with Gasteiger partial charge in [-0.05, 0) is 11.1 Å². The normalized spacial score (nSPS) is 20.1. The Morgan fingerprint density at radius 1 is 1.00 bits per heavy atom. The fourth-order valence-corrected chi connectivity index (χ4v) is 3.02. The number of carbonyl (C=O) groups excluding carboxylic acids is 1. The van der Waals surface area contributed by atoms with Gasteiger partial charge in [-0.3, -0.25) is 9.79 Å². The van der Waals surface area contributed by atoms with E-state index in [0.717, 1.165) is 11.1 Å². The number of amidine groups is 1. The number of nitrogens with one attached hydrogen (secondary N) is 1. The molecule has 2 aromatic carbocycles.